The summed E-state index contributed by atoms with van der Waals surface area (Å²) in [6, 6.07) is 1.47. The fourth-order valence-corrected chi connectivity index (χ4v) is 4.03. The highest BCUT2D eigenvalue weighted by atomic mass is 19.1. The molecule has 7 nitrogen and oxygen atoms in total. The van der Waals surface area contributed by atoms with Gasteiger partial charge in [0.05, 0.1) is 18.0 Å². The van der Waals surface area contributed by atoms with E-state index in [0.29, 0.717) is 24.3 Å². The number of methoxy groups -OCH3 is 1. The molecule has 2 heterocycles. The zero-order valence-corrected chi connectivity index (χ0v) is 16.2. The van der Waals surface area contributed by atoms with Crippen molar-refractivity contribution in [1.29, 1.82) is 0 Å². The molecule has 1 aromatic carbocycles. The first-order chi connectivity index (χ1) is 13.3. The van der Waals surface area contributed by atoms with Crippen LogP contribution < -0.4 is 20.4 Å². The van der Waals surface area contributed by atoms with Crippen LogP contribution in [0, 0.1) is 5.82 Å². The molecule has 2 aromatic rings. The van der Waals surface area contributed by atoms with Gasteiger partial charge in [0.1, 0.15) is 11.3 Å². The molecule has 1 saturated heterocycles. The van der Waals surface area contributed by atoms with Gasteiger partial charge >= 0.3 is 5.97 Å². The molecule has 0 bridgehead atoms. The van der Waals surface area contributed by atoms with Crippen LogP contribution in [-0.2, 0) is 0 Å². The number of rotatable bonds is 4. The van der Waals surface area contributed by atoms with Crippen LogP contribution in [0.15, 0.2) is 17.1 Å². The van der Waals surface area contributed by atoms with Gasteiger partial charge in [-0.2, -0.15) is 0 Å². The van der Waals surface area contributed by atoms with Crippen molar-refractivity contribution < 1.29 is 19.0 Å². The van der Waals surface area contributed by atoms with E-state index in [2.05, 4.69) is 5.32 Å². The van der Waals surface area contributed by atoms with Crippen molar-refractivity contribution in [3.63, 3.8) is 0 Å². The highest BCUT2D eigenvalue weighted by Crippen LogP contribution is 2.44. The summed E-state index contributed by atoms with van der Waals surface area (Å²) in [4.78, 5) is 26.2. The summed E-state index contributed by atoms with van der Waals surface area (Å²) < 4.78 is 22.7. The molecule has 2 aliphatic rings. The average Bonchev–Trinajstić information content (AvgIpc) is 3.48. The number of carboxylic acids is 1. The van der Waals surface area contributed by atoms with Crippen molar-refractivity contribution in [2.45, 2.75) is 44.8 Å². The molecule has 2 unspecified atom stereocenters. The van der Waals surface area contributed by atoms with E-state index in [4.69, 9.17) is 4.74 Å². The molecule has 1 aromatic heterocycles. The molecule has 0 spiro atoms. The van der Waals surface area contributed by atoms with Gasteiger partial charge in [0.25, 0.3) is 0 Å². The second kappa shape index (κ2) is 6.77. The molecule has 150 valence electrons. The Hall–Kier alpha value is -2.61. The molecule has 0 radical (unpaired) electrons. The van der Waals surface area contributed by atoms with Crippen LogP contribution in [0.2, 0.25) is 0 Å². The number of fused-ring (bicyclic) bond motifs is 1. The molecule has 2 N–H and O–H groups in total. The summed E-state index contributed by atoms with van der Waals surface area (Å²) in [5.41, 5.74) is -0.245. The van der Waals surface area contributed by atoms with Gasteiger partial charge in [-0.05, 0) is 32.8 Å². The van der Waals surface area contributed by atoms with E-state index in [1.54, 1.807) is 4.57 Å². The van der Waals surface area contributed by atoms with Gasteiger partial charge in [-0.3, -0.25) is 4.79 Å². The maximum atomic E-state index is 15.3. The number of halogens is 1. The van der Waals surface area contributed by atoms with Crippen LogP contribution in [0.5, 0.6) is 5.75 Å². The predicted octanol–water partition coefficient (Wildman–Crippen LogP) is 2.37. The normalized spacial score (nSPS) is 22.5. The molecule has 1 aliphatic heterocycles. The summed E-state index contributed by atoms with van der Waals surface area (Å²) in [6.07, 6.45) is 3.14. The standard InChI is InChI=1S/C20H24FN3O4/c1-10-8-23(11(2)7-22-10)17-15(21)6-13-16(19(17)28-3)24(12-4-5-12)9-14(18(13)25)20(26)27/h6,9-12,22H,4-5,7-8H2,1-3H3,(H,26,27). The molecule has 4 rings (SSSR count). The number of nitrogens with zero attached hydrogens (tertiary/aromatic N) is 2. The monoisotopic (exact) mass is 389 g/mol. The quantitative estimate of drug-likeness (QED) is 0.835. The lowest BCUT2D eigenvalue weighted by atomic mass is 10.0. The molecule has 2 fully saturated rings. The van der Waals surface area contributed by atoms with Crippen LogP contribution in [0.3, 0.4) is 0 Å². The fraction of sp³-hybridized carbons (Fsp3) is 0.500. The molecule has 28 heavy (non-hydrogen) atoms. The SMILES string of the molecule is COc1c(N2CC(C)NCC2C)c(F)cc2c(=O)c(C(=O)O)cn(C3CC3)c12. The number of piperazine rings is 1. The molecule has 2 atom stereocenters. The number of hydrogen-bond donors (Lipinski definition) is 2. The van der Waals surface area contributed by atoms with Crippen molar-refractivity contribution in [3.8, 4) is 5.75 Å². The van der Waals surface area contributed by atoms with Crippen molar-refractivity contribution in [1.82, 2.24) is 9.88 Å². The van der Waals surface area contributed by atoms with E-state index >= 15 is 4.39 Å². The minimum Gasteiger partial charge on any atom is -0.492 e. The van der Waals surface area contributed by atoms with Crippen LogP contribution in [-0.4, -0.2) is 47.9 Å². The number of hydrogen-bond acceptors (Lipinski definition) is 5. The first-order valence-electron chi connectivity index (χ1n) is 9.52. The summed E-state index contributed by atoms with van der Waals surface area (Å²) in [6.45, 7) is 5.34. The van der Waals surface area contributed by atoms with Crippen molar-refractivity contribution in [2.75, 3.05) is 25.1 Å². The number of ether oxygens (including phenoxy) is 1. The molecule has 8 heteroatoms. The van der Waals surface area contributed by atoms with Gasteiger partial charge < -0.3 is 24.6 Å². The lowest BCUT2D eigenvalue weighted by Crippen LogP contribution is -2.54. The third-order valence-electron chi connectivity index (χ3n) is 5.62. The first kappa shape index (κ1) is 18.7. The zero-order chi connectivity index (χ0) is 20.2. The number of nitrogens with one attached hydrogen (secondary N) is 1. The van der Waals surface area contributed by atoms with E-state index in [1.165, 1.54) is 19.4 Å². The van der Waals surface area contributed by atoms with E-state index in [-0.39, 0.29) is 34.8 Å². The van der Waals surface area contributed by atoms with Crippen molar-refractivity contribution in [3.05, 3.63) is 33.9 Å². The number of anilines is 1. The molecular weight excluding hydrogens is 365 g/mol. The van der Waals surface area contributed by atoms with E-state index in [0.717, 1.165) is 12.8 Å². The minimum absolute atomic E-state index is 0.0384. The van der Waals surface area contributed by atoms with Crippen LogP contribution in [0.25, 0.3) is 10.9 Å². The third kappa shape index (κ3) is 2.92. The van der Waals surface area contributed by atoms with Gasteiger partial charge in [0.15, 0.2) is 11.6 Å². The Morgan fingerprint density at radius 2 is 2.07 bits per heavy atom. The molecule has 1 saturated carbocycles. The number of aromatic nitrogens is 1. The fourth-order valence-electron chi connectivity index (χ4n) is 4.03. The number of pyridine rings is 1. The Bertz CT molecular complexity index is 1010. The van der Waals surface area contributed by atoms with Gasteiger partial charge in [-0.25, -0.2) is 9.18 Å². The second-order valence-electron chi connectivity index (χ2n) is 7.76. The van der Waals surface area contributed by atoms with E-state index in [9.17, 15) is 14.7 Å². The number of benzene rings is 1. The maximum absolute atomic E-state index is 15.3. The summed E-state index contributed by atoms with van der Waals surface area (Å²) in [7, 11) is 1.46. The molecule has 0 amide bonds. The Kier molecular flexibility index (Phi) is 4.53. The number of aromatic carboxylic acids is 1. The minimum atomic E-state index is -1.31. The zero-order valence-electron chi connectivity index (χ0n) is 16.2. The highest BCUT2D eigenvalue weighted by molar-refractivity contribution is 5.97. The predicted molar refractivity (Wildman–Crippen MR) is 104 cm³/mol. The van der Waals surface area contributed by atoms with Gasteiger partial charge in [0, 0.05) is 37.4 Å². The van der Waals surface area contributed by atoms with Gasteiger partial charge in [0.2, 0.25) is 5.43 Å². The molecule has 1 aliphatic carbocycles. The Morgan fingerprint density at radius 3 is 2.68 bits per heavy atom. The third-order valence-corrected chi connectivity index (χ3v) is 5.62. The average molecular weight is 389 g/mol. The largest absolute Gasteiger partial charge is 0.492 e. The van der Waals surface area contributed by atoms with Crippen LogP contribution in [0.1, 0.15) is 43.1 Å². The van der Waals surface area contributed by atoms with Crippen LogP contribution in [0.4, 0.5) is 10.1 Å². The Balaban J connectivity index is 2.04. The topological polar surface area (TPSA) is 83.8 Å². The van der Waals surface area contributed by atoms with E-state index < -0.39 is 17.2 Å². The van der Waals surface area contributed by atoms with Crippen LogP contribution >= 0.6 is 0 Å². The molecular formula is C20H24FN3O4. The number of carbonyl (C=O) groups is 1. The highest BCUT2D eigenvalue weighted by Gasteiger charge is 2.33. The summed E-state index contributed by atoms with van der Waals surface area (Å²) in [5, 5.41) is 12.8. The summed E-state index contributed by atoms with van der Waals surface area (Å²) in [5.74, 6) is -1.60. The van der Waals surface area contributed by atoms with Gasteiger partial charge in [-0.15, -0.1) is 0 Å². The van der Waals surface area contributed by atoms with Gasteiger partial charge in [-0.1, -0.05) is 0 Å². The van der Waals surface area contributed by atoms with Crippen molar-refractivity contribution >= 4 is 22.6 Å². The summed E-state index contributed by atoms with van der Waals surface area (Å²) >= 11 is 0. The maximum Gasteiger partial charge on any atom is 0.341 e. The number of carboxylic acid groups (broad SMARTS) is 1. The smallest absolute Gasteiger partial charge is 0.341 e. The lowest BCUT2D eigenvalue weighted by molar-refractivity contribution is 0.0695. The Morgan fingerprint density at radius 1 is 1.36 bits per heavy atom. The van der Waals surface area contributed by atoms with Crippen molar-refractivity contribution in [2.24, 2.45) is 0 Å². The Labute approximate surface area is 161 Å². The lowest BCUT2D eigenvalue weighted by Gasteiger charge is -2.40. The van der Waals surface area contributed by atoms with E-state index in [1.807, 2.05) is 18.7 Å². The second-order valence-corrected chi connectivity index (χ2v) is 7.76. The first-order valence-corrected chi connectivity index (χ1v) is 9.52.